The van der Waals surface area contributed by atoms with Crippen LogP contribution in [0.3, 0.4) is 0 Å². The number of thiocarbonyl (C=S) groups is 1. The van der Waals surface area contributed by atoms with E-state index in [9.17, 15) is 4.79 Å². The number of hydrogen-bond donors (Lipinski definition) is 1. The average Bonchev–Trinajstić information content (AvgIpc) is 2.42. The Morgan fingerprint density at radius 2 is 1.40 bits per heavy atom. The lowest BCUT2D eigenvalue weighted by molar-refractivity contribution is -0.136. The third-order valence-corrected chi connectivity index (χ3v) is 3.63. The number of ether oxygens (including phenoxy) is 1. The number of hydrogen-bond acceptors (Lipinski definition) is 3. The number of carboxylic acids is 1. The Morgan fingerprint density at radius 1 is 0.900 bits per heavy atom. The van der Waals surface area contributed by atoms with Crippen molar-refractivity contribution < 1.29 is 14.6 Å². The molecule has 0 radical (unpaired) electrons. The summed E-state index contributed by atoms with van der Waals surface area (Å²) >= 11 is 4.96. The molecular formula is C16H30O3S. The summed E-state index contributed by atoms with van der Waals surface area (Å²) in [7, 11) is 0. The Morgan fingerprint density at radius 3 is 1.90 bits per heavy atom. The van der Waals surface area contributed by atoms with Crippen molar-refractivity contribution in [1.29, 1.82) is 0 Å². The third-order valence-electron chi connectivity index (χ3n) is 3.30. The first-order chi connectivity index (χ1) is 9.66. The molecular weight excluding hydrogens is 272 g/mol. The van der Waals surface area contributed by atoms with E-state index in [0.717, 1.165) is 6.42 Å². The van der Waals surface area contributed by atoms with Crippen molar-refractivity contribution in [3.8, 4) is 0 Å². The van der Waals surface area contributed by atoms with Gasteiger partial charge in [0.1, 0.15) is 0 Å². The fourth-order valence-corrected chi connectivity index (χ4v) is 2.24. The molecule has 0 aliphatic heterocycles. The molecule has 0 saturated heterocycles. The van der Waals surface area contributed by atoms with Crippen molar-refractivity contribution in [1.82, 2.24) is 0 Å². The molecule has 0 aliphatic carbocycles. The second-order valence-corrected chi connectivity index (χ2v) is 5.75. The van der Waals surface area contributed by atoms with E-state index in [-0.39, 0.29) is 6.42 Å². The van der Waals surface area contributed by atoms with Crippen molar-refractivity contribution in [2.45, 2.75) is 84.0 Å². The van der Waals surface area contributed by atoms with E-state index in [1.807, 2.05) is 0 Å². The van der Waals surface area contributed by atoms with E-state index < -0.39 is 5.97 Å². The van der Waals surface area contributed by atoms with E-state index >= 15 is 0 Å². The normalized spacial score (nSPS) is 10.4. The number of carbonyl (C=O) groups is 1. The fraction of sp³-hybridized carbons (Fsp3) is 0.875. The van der Waals surface area contributed by atoms with Gasteiger partial charge in [-0.05, 0) is 18.6 Å². The molecule has 1 N–H and O–H groups in total. The topological polar surface area (TPSA) is 46.5 Å². The van der Waals surface area contributed by atoms with Crippen LogP contribution >= 0.6 is 12.2 Å². The molecule has 3 nitrogen and oxygen atoms in total. The molecule has 0 amide bonds. The van der Waals surface area contributed by atoms with Crippen LogP contribution in [0.4, 0.5) is 0 Å². The smallest absolute Gasteiger partial charge is 0.303 e. The standard InChI is InChI=1S/C16H30O3S/c1-2-3-4-5-6-7-8-9-10-11-14-19-16(20)13-12-15(17)18/h2-14H2,1H3,(H,17,18). The molecule has 0 unspecified atom stereocenters. The zero-order valence-corrected chi connectivity index (χ0v) is 13.7. The third kappa shape index (κ3) is 15.4. The average molecular weight is 302 g/mol. The van der Waals surface area contributed by atoms with Crippen LogP contribution < -0.4 is 0 Å². The van der Waals surface area contributed by atoms with Crippen LogP contribution in [0.1, 0.15) is 84.0 Å². The van der Waals surface area contributed by atoms with Gasteiger partial charge in [-0.3, -0.25) is 4.79 Å². The molecule has 0 aliphatic rings. The zero-order chi connectivity index (χ0) is 15.1. The summed E-state index contributed by atoms with van der Waals surface area (Å²) in [6, 6.07) is 0. The summed E-state index contributed by atoms with van der Waals surface area (Å²) in [6.45, 7) is 2.88. The van der Waals surface area contributed by atoms with Crippen molar-refractivity contribution in [3.63, 3.8) is 0 Å². The van der Waals surface area contributed by atoms with Crippen LogP contribution in [0.15, 0.2) is 0 Å². The van der Waals surface area contributed by atoms with Crippen LogP contribution in [0.5, 0.6) is 0 Å². The first-order valence-electron chi connectivity index (χ1n) is 8.04. The summed E-state index contributed by atoms with van der Waals surface area (Å²) in [4.78, 5) is 10.3. The van der Waals surface area contributed by atoms with Gasteiger partial charge in [-0.25, -0.2) is 0 Å². The van der Waals surface area contributed by atoms with Gasteiger partial charge in [0.2, 0.25) is 0 Å². The maximum atomic E-state index is 10.3. The fourth-order valence-electron chi connectivity index (χ4n) is 2.06. The maximum Gasteiger partial charge on any atom is 0.303 e. The number of rotatable bonds is 14. The molecule has 118 valence electrons. The highest BCUT2D eigenvalue weighted by Gasteiger charge is 2.02. The molecule has 0 fully saturated rings. The van der Waals surface area contributed by atoms with Gasteiger partial charge in [-0.15, -0.1) is 0 Å². The predicted octanol–water partition coefficient (Wildman–Crippen LogP) is 5.12. The largest absolute Gasteiger partial charge is 0.487 e. The van der Waals surface area contributed by atoms with E-state index in [1.165, 1.54) is 57.8 Å². The molecule has 4 heteroatoms. The Balaban J connectivity index is 3.12. The van der Waals surface area contributed by atoms with Gasteiger partial charge in [0.05, 0.1) is 13.0 Å². The van der Waals surface area contributed by atoms with Crippen LogP contribution in [-0.2, 0) is 9.53 Å². The van der Waals surface area contributed by atoms with Gasteiger partial charge in [-0.1, -0.05) is 64.7 Å². The van der Waals surface area contributed by atoms with E-state index in [0.29, 0.717) is 18.1 Å². The summed E-state index contributed by atoms with van der Waals surface area (Å²) in [5, 5.41) is 8.94. The molecule has 0 atom stereocenters. The lowest BCUT2D eigenvalue weighted by Crippen LogP contribution is -2.06. The van der Waals surface area contributed by atoms with Gasteiger partial charge in [-0.2, -0.15) is 0 Å². The van der Waals surface area contributed by atoms with Crippen LogP contribution in [0, 0.1) is 0 Å². The highest BCUT2D eigenvalue weighted by Crippen LogP contribution is 2.10. The SMILES string of the molecule is CCCCCCCCCCCCOC(=S)CCC(=O)O. The van der Waals surface area contributed by atoms with Crippen LogP contribution in [0.2, 0.25) is 0 Å². The Labute approximate surface area is 129 Å². The van der Waals surface area contributed by atoms with Crippen molar-refractivity contribution in [2.24, 2.45) is 0 Å². The zero-order valence-electron chi connectivity index (χ0n) is 12.9. The number of aliphatic carboxylic acids is 1. The van der Waals surface area contributed by atoms with Gasteiger partial charge in [0.15, 0.2) is 5.05 Å². The van der Waals surface area contributed by atoms with Gasteiger partial charge in [0, 0.05) is 6.42 Å². The minimum Gasteiger partial charge on any atom is -0.487 e. The highest BCUT2D eigenvalue weighted by molar-refractivity contribution is 7.80. The number of carboxylic acid groups (broad SMARTS) is 1. The Bertz CT molecular complexity index is 254. The van der Waals surface area contributed by atoms with E-state index in [1.54, 1.807) is 0 Å². The Kier molecular flexibility index (Phi) is 14.3. The molecule has 0 aromatic carbocycles. The van der Waals surface area contributed by atoms with Crippen molar-refractivity contribution >= 4 is 23.2 Å². The van der Waals surface area contributed by atoms with Gasteiger partial charge < -0.3 is 9.84 Å². The van der Waals surface area contributed by atoms with Crippen molar-refractivity contribution in [3.05, 3.63) is 0 Å². The lowest BCUT2D eigenvalue weighted by Gasteiger charge is -2.06. The lowest BCUT2D eigenvalue weighted by atomic mass is 10.1. The molecule has 20 heavy (non-hydrogen) atoms. The van der Waals surface area contributed by atoms with Crippen LogP contribution in [0.25, 0.3) is 0 Å². The first-order valence-corrected chi connectivity index (χ1v) is 8.45. The van der Waals surface area contributed by atoms with Gasteiger partial charge in [0.25, 0.3) is 0 Å². The molecule has 0 bridgehead atoms. The minimum absolute atomic E-state index is 0.0663. The van der Waals surface area contributed by atoms with E-state index in [4.69, 9.17) is 22.1 Å². The molecule has 0 heterocycles. The minimum atomic E-state index is -0.824. The molecule has 0 aromatic rings. The molecule has 0 saturated carbocycles. The molecule has 0 rings (SSSR count). The first kappa shape index (κ1) is 19.4. The summed E-state index contributed by atoms with van der Waals surface area (Å²) in [6.07, 6.45) is 13.4. The summed E-state index contributed by atoms with van der Waals surface area (Å²) < 4.78 is 5.33. The van der Waals surface area contributed by atoms with Crippen molar-refractivity contribution in [2.75, 3.05) is 6.61 Å². The number of unbranched alkanes of at least 4 members (excludes halogenated alkanes) is 9. The summed E-state index contributed by atoms with van der Waals surface area (Å²) in [5.74, 6) is -0.824. The summed E-state index contributed by atoms with van der Waals surface area (Å²) in [5.41, 5.74) is 0. The predicted molar refractivity (Wildman–Crippen MR) is 87.3 cm³/mol. The quantitative estimate of drug-likeness (QED) is 0.357. The second-order valence-electron chi connectivity index (χ2n) is 5.30. The molecule has 0 aromatic heterocycles. The second kappa shape index (κ2) is 14.8. The highest BCUT2D eigenvalue weighted by atomic mass is 32.1. The van der Waals surface area contributed by atoms with E-state index in [2.05, 4.69) is 6.92 Å². The molecule has 0 spiro atoms. The Hall–Kier alpha value is -0.640. The van der Waals surface area contributed by atoms with Crippen LogP contribution in [-0.4, -0.2) is 22.7 Å². The monoisotopic (exact) mass is 302 g/mol. The maximum absolute atomic E-state index is 10.3. The van der Waals surface area contributed by atoms with Gasteiger partial charge >= 0.3 is 5.97 Å².